The van der Waals surface area contributed by atoms with Crippen molar-refractivity contribution in [2.75, 3.05) is 31.1 Å². The van der Waals surface area contributed by atoms with Crippen molar-refractivity contribution < 1.29 is 13.6 Å². The molecular weight excluding hydrogens is 322 g/mol. The number of carbonyl (C=O) groups is 1. The van der Waals surface area contributed by atoms with Gasteiger partial charge in [-0.25, -0.2) is 8.78 Å². The average molecular weight is 337 g/mol. The number of hydrogen-bond acceptors (Lipinski definition) is 2. The molecule has 3 nitrogen and oxygen atoms in total. The first kappa shape index (κ1) is 15.7. The third kappa shape index (κ3) is 3.29. The Kier molecular flexibility index (Phi) is 4.48. The summed E-state index contributed by atoms with van der Waals surface area (Å²) in [6.07, 6.45) is 0. The SMILES string of the molecule is O=C(c1cc(F)c(F)cc1Cl)N1CCN(c2ccccc2)CC1. The molecule has 0 atom stereocenters. The van der Waals surface area contributed by atoms with Crippen LogP contribution in [0, 0.1) is 11.6 Å². The number of rotatable bonds is 2. The first-order chi connectivity index (χ1) is 11.1. The molecule has 0 spiro atoms. The molecule has 1 amide bonds. The second-order valence-corrected chi connectivity index (χ2v) is 5.77. The Bertz CT molecular complexity index is 716. The zero-order chi connectivity index (χ0) is 16.4. The fourth-order valence-corrected chi connectivity index (χ4v) is 2.89. The van der Waals surface area contributed by atoms with E-state index in [4.69, 9.17) is 11.6 Å². The molecule has 120 valence electrons. The Morgan fingerprint density at radius 1 is 0.957 bits per heavy atom. The van der Waals surface area contributed by atoms with Gasteiger partial charge in [-0.05, 0) is 24.3 Å². The third-order valence-corrected chi connectivity index (χ3v) is 4.24. The number of benzene rings is 2. The van der Waals surface area contributed by atoms with E-state index in [1.54, 1.807) is 4.90 Å². The summed E-state index contributed by atoms with van der Waals surface area (Å²) in [6.45, 7) is 2.36. The van der Waals surface area contributed by atoms with Crippen LogP contribution < -0.4 is 4.90 Å². The molecule has 0 unspecified atom stereocenters. The highest BCUT2D eigenvalue weighted by molar-refractivity contribution is 6.33. The summed E-state index contributed by atoms with van der Waals surface area (Å²) >= 11 is 5.88. The van der Waals surface area contributed by atoms with Crippen LogP contribution in [-0.2, 0) is 0 Å². The summed E-state index contributed by atoms with van der Waals surface area (Å²) < 4.78 is 26.5. The van der Waals surface area contributed by atoms with E-state index in [9.17, 15) is 13.6 Å². The third-order valence-electron chi connectivity index (χ3n) is 3.93. The highest BCUT2D eigenvalue weighted by Crippen LogP contribution is 2.23. The zero-order valence-electron chi connectivity index (χ0n) is 12.3. The van der Waals surface area contributed by atoms with Gasteiger partial charge in [0.2, 0.25) is 0 Å². The van der Waals surface area contributed by atoms with Gasteiger partial charge in [-0.2, -0.15) is 0 Å². The van der Waals surface area contributed by atoms with Gasteiger partial charge in [-0.3, -0.25) is 4.79 Å². The molecule has 0 radical (unpaired) electrons. The summed E-state index contributed by atoms with van der Waals surface area (Å²) in [7, 11) is 0. The largest absolute Gasteiger partial charge is 0.368 e. The Morgan fingerprint density at radius 3 is 2.22 bits per heavy atom. The first-order valence-corrected chi connectivity index (χ1v) is 7.68. The molecule has 1 fully saturated rings. The van der Waals surface area contributed by atoms with E-state index in [1.165, 1.54) is 0 Å². The zero-order valence-corrected chi connectivity index (χ0v) is 13.1. The highest BCUT2D eigenvalue weighted by Gasteiger charge is 2.24. The molecule has 1 heterocycles. The van der Waals surface area contributed by atoms with Crippen LogP contribution >= 0.6 is 11.6 Å². The predicted octanol–water partition coefficient (Wildman–Crippen LogP) is 3.58. The molecule has 23 heavy (non-hydrogen) atoms. The minimum atomic E-state index is -1.07. The number of hydrogen-bond donors (Lipinski definition) is 0. The molecule has 2 aromatic rings. The first-order valence-electron chi connectivity index (χ1n) is 7.30. The second-order valence-electron chi connectivity index (χ2n) is 5.36. The standard InChI is InChI=1S/C17H15ClF2N2O/c18-14-11-16(20)15(19)10-13(14)17(23)22-8-6-21(7-9-22)12-4-2-1-3-5-12/h1-5,10-11H,6-9H2. The van der Waals surface area contributed by atoms with Gasteiger partial charge in [0.1, 0.15) is 0 Å². The average Bonchev–Trinajstić information content (AvgIpc) is 2.58. The van der Waals surface area contributed by atoms with Crippen LogP contribution in [0.25, 0.3) is 0 Å². The van der Waals surface area contributed by atoms with Gasteiger partial charge in [-0.15, -0.1) is 0 Å². The Balaban J connectivity index is 1.70. The summed E-state index contributed by atoms with van der Waals surface area (Å²) in [5, 5.41) is -0.0700. The van der Waals surface area contributed by atoms with Crippen LogP contribution in [0.4, 0.5) is 14.5 Å². The van der Waals surface area contributed by atoms with E-state index in [0.717, 1.165) is 17.8 Å². The smallest absolute Gasteiger partial charge is 0.255 e. The van der Waals surface area contributed by atoms with Gasteiger partial charge in [0, 0.05) is 31.9 Å². The number of amides is 1. The van der Waals surface area contributed by atoms with E-state index >= 15 is 0 Å². The van der Waals surface area contributed by atoms with Crippen molar-refractivity contribution in [3.8, 4) is 0 Å². The van der Waals surface area contributed by atoms with E-state index in [0.29, 0.717) is 26.2 Å². The Labute approximate surface area is 138 Å². The second kappa shape index (κ2) is 6.54. The van der Waals surface area contributed by atoms with Crippen molar-refractivity contribution in [3.05, 3.63) is 64.7 Å². The topological polar surface area (TPSA) is 23.6 Å². The fraction of sp³-hybridized carbons (Fsp3) is 0.235. The fourth-order valence-electron chi connectivity index (χ4n) is 2.66. The van der Waals surface area contributed by atoms with E-state index < -0.39 is 11.6 Å². The van der Waals surface area contributed by atoms with Crippen LogP contribution in [0.1, 0.15) is 10.4 Å². The van der Waals surface area contributed by atoms with Crippen LogP contribution in [0.3, 0.4) is 0 Å². The molecular formula is C17H15ClF2N2O. The molecule has 1 saturated heterocycles. The molecule has 1 aliphatic rings. The number of para-hydroxylation sites is 1. The summed E-state index contributed by atoms with van der Waals surface area (Å²) in [4.78, 5) is 16.2. The maximum absolute atomic E-state index is 13.4. The van der Waals surface area contributed by atoms with Crippen LogP contribution in [0.15, 0.2) is 42.5 Å². The van der Waals surface area contributed by atoms with Gasteiger partial charge >= 0.3 is 0 Å². The minimum absolute atomic E-state index is 0.00118. The molecule has 2 aromatic carbocycles. The maximum Gasteiger partial charge on any atom is 0.255 e. The van der Waals surface area contributed by atoms with E-state index in [1.807, 2.05) is 30.3 Å². The summed E-state index contributed by atoms with van der Waals surface area (Å²) in [6, 6.07) is 11.6. The molecule has 6 heteroatoms. The van der Waals surface area contributed by atoms with Crippen molar-refractivity contribution in [1.29, 1.82) is 0 Å². The van der Waals surface area contributed by atoms with Crippen molar-refractivity contribution in [3.63, 3.8) is 0 Å². The highest BCUT2D eigenvalue weighted by atomic mass is 35.5. The van der Waals surface area contributed by atoms with Crippen LogP contribution in [-0.4, -0.2) is 37.0 Å². The lowest BCUT2D eigenvalue weighted by Crippen LogP contribution is -2.48. The van der Waals surface area contributed by atoms with Gasteiger partial charge in [0.05, 0.1) is 10.6 Å². The number of halogens is 3. The molecule has 0 aromatic heterocycles. The molecule has 0 aliphatic carbocycles. The van der Waals surface area contributed by atoms with E-state index in [-0.39, 0.29) is 16.5 Å². The number of piperazine rings is 1. The monoisotopic (exact) mass is 336 g/mol. The van der Waals surface area contributed by atoms with Crippen LogP contribution in [0.2, 0.25) is 5.02 Å². The van der Waals surface area contributed by atoms with Gasteiger partial charge in [0.25, 0.3) is 5.91 Å². The lowest BCUT2D eigenvalue weighted by atomic mass is 10.1. The molecule has 1 aliphatic heterocycles. The Hall–Kier alpha value is -2.14. The van der Waals surface area contributed by atoms with Crippen molar-refractivity contribution in [1.82, 2.24) is 4.90 Å². The minimum Gasteiger partial charge on any atom is -0.368 e. The molecule has 0 bridgehead atoms. The number of carbonyl (C=O) groups excluding carboxylic acids is 1. The number of nitrogens with zero attached hydrogens (tertiary/aromatic N) is 2. The van der Waals surface area contributed by atoms with E-state index in [2.05, 4.69) is 4.90 Å². The molecule has 0 N–H and O–H groups in total. The maximum atomic E-state index is 13.4. The van der Waals surface area contributed by atoms with Gasteiger partial charge in [0.15, 0.2) is 11.6 Å². The normalized spacial score (nSPS) is 14.9. The quantitative estimate of drug-likeness (QED) is 0.783. The lowest BCUT2D eigenvalue weighted by molar-refractivity contribution is 0.0746. The number of anilines is 1. The van der Waals surface area contributed by atoms with Gasteiger partial charge in [-0.1, -0.05) is 29.8 Å². The molecule has 3 rings (SSSR count). The summed E-state index contributed by atoms with van der Waals surface area (Å²) in [5.41, 5.74) is 1.10. The van der Waals surface area contributed by atoms with Crippen molar-refractivity contribution in [2.24, 2.45) is 0 Å². The van der Waals surface area contributed by atoms with Crippen molar-refractivity contribution in [2.45, 2.75) is 0 Å². The van der Waals surface area contributed by atoms with Crippen molar-refractivity contribution >= 4 is 23.2 Å². The van der Waals surface area contributed by atoms with Gasteiger partial charge < -0.3 is 9.80 Å². The Morgan fingerprint density at radius 2 is 1.57 bits per heavy atom. The molecule has 0 saturated carbocycles. The summed E-state index contributed by atoms with van der Waals surface area (Å²) in [5.74, 6) is -2.50. The predicted molar refractivity (Wildman–Crippen MR) is 85.9 cm³/mol. The van der Waals surface area contributed by atoms with Crippen LogP contribution in [0.5, 0.6) is 0 Å². The lowest BCUT2D eigenvalue weighted by Gasteiger charge is -2.36.